The SMILES string of the molecule is Cc1ccc(Cl)c(-c2c(F)cccc2Cl)c1Cl. The summed E-state index contributed by atoms with van der Waals surface area (Å²) in [6.07, 6.45) is 0. The third-order valence-electron chi connectivity index (χ3n) is 2.50. The second kappa shape index (κ2) is 4.85. The number of hydrogen-bond donors (Lipinski definition) is 0. The van der Waals surface area contributed by atoms with Gasteiger partial charge in [-0.15, -0.1) is 0 Å². The van der Waals surface area contributed by atoms with E-state index in [0.717, 1.165) is 5.56 Å². The van der Waals surface area contributed by atoms with Crippen LogP contribution in [0.5, 0.6) is 0 Å². The molecule has 4 heteroatoms. The minimum atomic E-state index is -0.438. The van der Waals surface area contributed by atoms with Crippen LogP contribution in [-0.2, 0) is 0 Å². The van der Waals surface area contributed by atoms with E-state index in [9.17, 15) is 4.39 Å². The summed E-state index contributed by atoms with van der Waals surface area (Å²) >= 11 is 18.2. The molecule has 0 amide bonds. The van der Waals surface area contributed by atoms with Crippen LogP contribution in [0.4, 0.5) is 4.39 Å². The highest BCUT2D eigenvalue weighted by atomic mass is 35.5. The van der Waals surface area contributed by atoms with Crippen LogP contribution in [0.3, 0.4) is 0 Å². The molecule has 2 rings (SSSR count). The van der Waals surface area contributed by atoms with Crippen LogP contribution >= 0.6 is 34.8 Å². The van der Waals surface area contributed by atoms with Crippen LogP contribution < -0.4 is 0 Å². The molecule has 0 unspecified atom stereocenters. The first-order chi connectivity index (χ1) is 8.02. The molecule has 0 spiro atoms. The first-order valence-corrected chi connectivity index (χ1v) is 6.04. The summed E-state index contributed by atoms with van der Waals surface area (Å²) in [5, 5.41) is 1.09. The molecule has 0 saturated carbocycles. The zero-order valence-corrected chi connectivity index (χ0v) is 11.2. The summed E-state index contributed by atoms with van der Waals surface area (Å²) in [7, 11) is 0. The second-order valence-corrected chi connectivity index (χ2v) is 4.84. The molecule has 0 saturated heterocycles. The number of halogens is 4. The van der Waals surface area contributed by atoms with Gasteiger partial charge in [-0.3, -0.25) is 0 Å². The molecule has 2 aromatic carbocycles. The van der Waals surface area contributed by atoms with Crippen molar-refractivity contribution in [3.05, 3.63) is 56.8 Å². The number of rotatable bonds is 1. The summed E-state index contributed by atoms with van der Waals surface area (Å²) in [6, 6.07) is 7.94. The number of benzene rings is 2. The standard InChI is InChI=1S/C13H8Cl3F/c1-7-5-6-9(15)12(13(7)16)11-8(14)3-2-4-10(11)17/h2-6H,1H3. The molecule has 0 N–H and O–H groups in total. The Hall–Kier alpha value is -0.760. The molecule has 0 atom stereocenters. The fourth-order valence-corrected chi connectivity index (χ4v) is 2.44. The van der Waals surface area contributed by atoms with Gasteiger partial charge in [0.05, 0.1) is 15.1 Å². The van der Waals surface area contributed by atoms with Gasteiger partial charge in [0.15, 0.2) is 0 Å². The van der Waals surface area contributed by atoms with Gasteiger partial charge >= 0.3 is 0 Å². The van der Waals surface area contributed by atoms with E-state index in [2.05, 4.69) is 0 Å². The molecule has 0 radical (unpaired) electrons. The lowest BCUT2D eigenvalue weighted by Crippen LogP contribution is -1.90. The van der Waals surface area contributed by atoms with Crippen molar-refractivity contribution >= 4 is 34.8 Å². The summed E-state index contributed by atoms with van der Waals surface area (Å²) in [5.74, 6) is -0.438. The maximum absolute atomic E-state index is 13.8. The predicted molar refractivity (Wildman–Crippen MR) is 71.6 cm³/mol. The Kier molecular flexibility index (Phi) is 3.62. The largest absolute Gasteiger partial charge is 0.206 e. The smallest absolute Gasteiger partial charge is 0.132 e. The van der Waals surface area contributed by atoms with E-state index in [1.165, 1.54) is 6.07 Å². The van der Waals surface area contributed by atoms with Gasteiger partial charge in [0, 0.05) is 11.1 Å². The Labute approximate surface area is 114 Å². The molecule has 0 aliphatic carbocycles. The summed E-state index contributed by atoms with van der Waals surface area (Å²) < 4.78 is 13.8. The fourth-order valence-electron chi connectivity index (χ4n) is 1.62. The van der Waals surface area contributed by atoms with Crippen molar-refractivity contribution < 1.29 is 4.39 Å². The summed E-state index contributed by atoms with van der Waals surface area (Å²) in [4.78, 5) is 0. The van der Waals surface area contributed by atoms with Crippen LogP contribution in [0.25, 0.3) is 11.1 Å². The van der Waals surface area contributed by atoms with E-state index < -0.39 is 5.82 Å². The van der Waals surface area contributed by atoms with Gasteiger partial charge in [0.2, 0.25) is 0 Å². The minimum Gasteiger partial charge on any atom is -0.206 e. The molecule has 0 aliphatic rings. The molecule has 0 fully saturated rings. The molecule has 88 valence electrons. The van der Waals surface area contributed by atoms with Crippen molar-refractivity contribution in [2.45, 2.75) is 6.92 Å². The molecule has 0 bridgehead atoms. The number of aryl methyl sites for hydroxylation is 1. The van der Waals surface area contributed by atoms with Gasteiger partial charge in [0.25, 0.3) is 0 Å². The van der Waals surface area contributed by atoms with E-state index in [1.807, 2.05) is 6.92 Å². The predicted octanol–water partition coefficient (Wildman–Crippen LogP) is 5.76. The van der Waals surface area contributed by atoms with E-state index in [1.54, 1.807) is 24.3 Å². The molecule has 0 nitrogen and oxygen atoms in total. The Bertz CT molecular complexity index is 559. The van der Waals surface area contributed by atoms with Crippen molar-refractivity contribution in [1.29, 1.82) is 0 Å². The average molecular weight is 290 g/mol. The van der Waals surface area contributed by atoms with Gasteiger partial charge in [-0.2, -0.15) is 0 Å². The highest BCUT2D eigenvalue weighted by Gasteiger charge is 2.17. The average Bonchev–Trinajstić information content (AvgIpc) is 2.28. The van der Waals surface area contributed by atoms with Gasteiger partial charge in [-0.05, 0) is 30.7 Å². The first-order valence-electron chi connectivity index (χ1n) is 4.91. The molecule has 2 aromatic rings. The van der Waals surface area contributed by atoms with Crippen molar-refractivity contribution in [3.63, 3.8) is 0 Å². The quantitative estimate of drug-likeness (QED) is 0.626. The molecule has 0 aromatic heterocycles. The van der Waals surface area contributed by atoms with Crippen LogP contribution in [-0.4, -0.2) is 0 Å². The van der Waals surface area contributed by atoms with E-state index in [-0.39, 0.29) is 5.56 Å². The van der Waals surface area contributed by atoms with Crippen molar-refractivity contribution in [3.8, 4) is 11.1 Å². The summed E-state index contributed by atoms with van der Waals surface area (Å²) in [5.41, 5.74) is 1.51. The lowest BCUT2D eigenvalue weighted by Gasteiger charge is -2.12. The topological polar surface area (TPSA) is 0 Å². The Morgan fingerprint density at radius 3 is 2.18 bits per heavy atom. The highest BCUT2D eigenvalue weighted by Crippen LogP contribution is 2.41. The van der Waals surface area contributed by atoms with Crippen LogP contribution in [0, 0.1) is 12.7 Å². The maximum atomic E-state index is 13.8. The van der Waals surface area contributed by atoms with Crippen LogP contribution in [0.15, 0.2) is 30.3 Å². The lowest BCUT2D eigenvalue weighted by atomic mass is 10.0. The Morgan fingerprint density at radius 1 is 0.882 bits per heavy atom. The fraction of sp³-hybridized carbons (Fsp3) is 0.0769. The van der Waals surface area contributed by atoms with E-state index in [0.29, 0.717) is 20.6 Å². The molecular weight excluding hydrogens is 282 g/mol. The third-order valence-corrected chi connectivity index (χ3v) is 3.61. The zero-order chi connectivity index (χ0) is 12.6. The first kappa shape index (κ1) is 12.7. The van der Waals surface area contributed by atoms with Gasteiger partial charge in [-0.1, -0.05) is 46.9 Å². The van der Waals surface area contributed by atoms with Crippen molar-refractivity contribution in [2.24, 2.45) is 0 Å². The highest BCUT2D eigenvalue weighted by molar-refractivity contribution is 6.41. The van der Waals surface area contributed by atoms with Gasteiger partial charge in [-0.25, -0.2) is 4.39 Å². The molecule has 17 heavy (non-hydrogen) atoms. The van der Waals surface area contributed by atoms with Crippen molar-refractivity contribution in [1.82, 2.24) is 0 Å². The second-order valence-electron chi connectivity index (χ2n) is 3.65. The minimum absolute atomic E-state index is 0.243. The lowest BCUT2D eigenvalue weighted by molar-refractivity contribution is 0.631. The normalized spacial score (nSPS) is 10.6. The third kappa shape index (κ3) is 2.28. The van der Waals surface area contributed by atoms with Crippen molar-refractivity contribution in [2.75, 3.05) is 0 Å². The zero-order valence-electron chi connectivity index (χ0n) is 8.90. The summed E-state index contributed by atoms with van der Waals surface area (Å²) in [6.45, 7) is 1.83. The van der Waals surface area contributed by atoms with Crippen LogP contribution in [0.1, 0.15) is 5.56 Å². The molecule has 0 heterocycles. The van der Waals surface area contributed by atoms with E-state index >= 15 is 0 Å². The Morgan fingerprint density at radius 2 is 1.53 bits per heavy atom. The van der Waals surface area contributed by atoms with Gasteiger partial charge in [0.1, 0.15) is 5.82 Å². The van der Waals surface area contributed by atoms with Gasteiger partial charge < -0.3 is 0 Å². The maximum Gasteiger partial charge on any atom is 0.132 e. The Balaban J connectivity index is 2.82. The molecular formula is C13H8Cl3F. The monoisotopic (exact) mass is 288 g/mol. The van der Waals surface area contributed by atoms with E-state index in [4.69, 9.17) is 34.8 Å². The number of hydrogen-bond acceptors (Lipinski definition) is 0. The molecule has 0 aliphatic heterocycles. The van der Waals surface area contributed by atoms with Crippen LogP contribution in [0.2, 0.25) is 15.1 Å².